The van der Waals surface area contributed by atoms with E-state index < -0.39 is 0 Å². The topological polar surface area (TPSA) is 47.1 Å². The molecule has 0 aromatic rings. The highest BCUT2D eigenvalue weighted by molar-refractivity contribution is 5.73. The molecule has 0 aromatic carbocycles. The highest BCUT2D eigenvalue weighted by Crippen LogP contribution is 2.30. The summed E-state index contributed by atoms with van der Waals surface area (Å²) in [6, 6.07) is 1.01. The number of nitrogens with zero attached hydrogens (tertiary/aromatic N) is 4. The molecule has 0 radical (unpaired) electrons. The van der Waals surface area contributed by atoms with Gasteiger partial charge in [0.15, 0.2) is 0 Å². The molecule has 24 heavy (non-hydrogen) atoms. The van der Waals surface area contributed by atoms with Gasteiger partial charge in [0.05, 0.1) is 0 Å². The largest absolute Gasteiger partial charge is 0.343 e. The Bertz CT molecular complexity index is 499. The molecular weight excluding hydrogens is 304 g/mol. The average molecular weight is 336 g/mol. The Morgan fingerprint density at radius 1 is 0.833 bits per heavy atom. The van der Waals surface area contributed by atoms with Crippen molar-refractivity contribution in [3.05, 3.63) is 0 Å². The summed E-state index contributed by atoms with van der Waals surface area (Å²) in [6.07, 6.45) is 2.15. The predicted octanol–water partition coefficient (Wildman–Crippen LogP) is 0.624. The van der Waals surface area contributed by atoms with Crippen LogP contribution in [0.2, 0.25) is 0 Å². The van der Waals surface area contributed by atoms with E-state index >= 15 is 0 Å². The highest BCUT2D eigenvalue weighted by Gasteiger charge is 2.44. The lowest BCUT2D eigenvalue weighted by Gasteiger charge is -2.56. The number of carbonyl (C=O) groups excluding carboxylic acids is 2. The number of hydrogen-bond donors (Lipinski definition) is 0. The van der Waals surface area contributed by atoms with Gasteiger partial charge in [0.2, 0.25) is 11.8 Å². The fraction of sp³-hybridized carbons (Fsp3) is 0.889. The lowest BCUT2D eigenvalue weighted by Crippen LogP contribution is -2.71. The Hall–Kier alpha value is -1.14. The fourth-order valence-electron chi connectivity index (χ4n) is 4.83. The Balaban J connectivity index is 1.63. The second kappa shape index (κ2) is 6.64. The number of rotatable bonds is 1. The van der Waals surface area contributed by atoms with Crippen LogP contribution in [0.25, 0.3) is 0 Å². The Labute approximate surface area is 145 Å². The zero-order chi connectivity index (χ0) is 17.5. The second-order valence-corrected chi connectivity index (χ2v) is 8.29. The van der Waals surface area contributed by atoms with E-state index in [4.69, 9.17) is 0 Å². The molecule has 0 aromatic heterocycles. The molecule has 3 aliphatic heterocycles. The van der Waals surface area contributed by atoms with Gasteiger partial charge in [0.25, 0.3) is 0 Å². The van der Waals surface area contributed by atoms with E-state index in [1.807, 2.05) is 9.80 Å². The number of carbonyl (C=O) groups is 2. The van der Waals surface area contributed by atoms with Gasteiger partial charge in [0.1, 0.15) is 0 Å². The minimum absolute atomic E-state index is 0.0542. The van der Waals surface area contributed by atoms with Gasteiger partial charge in [0, 0.05) is 77.3 Å². The van der Waals surface area contributed by atoms with Gasteiger partial charge in [-0.25, -0.2) is 0 Å². The van der Waals surface area contributed by atoms with E-state index in [-0.39, 0.29) is 17.4 Å². The van der Waals surface area contributed by atoms with Crippen molar-refractivity contribution in [1.29, 1.82) is 0 Å². The summed E-state index contributed by atoms with van der Waals surface area (Å²) in [5, 5.41) is 0. The van der Waals surface area contributed by atoms with E-state index in [1.54, 1.807) is 13.8 Å². The van der Waals surface area contributed by atoms with Crippen LogP contribution in [0.5, 0.6) is 0 Å². The number of hydrogen-bond acceptors (Lipinski definition) is 4. The molecule has 3 fully saturated rings. The van der Waals surface area contributed by atoms with Crippen LogP contribution in [0.1, 0.15) is 40.5 Å². The van der Waals surface area contributed by atoms with Crippen LogP contribution in [0.3, 0.4) is 0 Å². The minimum atomic E-state index is 0.0542. The highest BCUT2D eigenvalue weighted by atomic mass is 16.2. The number of piperazine rings is 2. The quantitative estimate of drug-likeness (QED) is 0.704. The van der Waals surface area contributed by atoms with E-state index in [2.05, 4.69) is 23.6 Å². The summed E-state index contributed by atoms with van der Waals surface area (Å²) in [7, 11) is 0. The third kappa shape index (κ3) is 3.45. The lowest BCUT2D eigenvalue weighted by molar-refractivity contribution is -0.140. The molecule has 3 heterocycles. The monoisotopic (exact) mass is 336 g/mol. The Morgan fingerprint density at radius 2 is 1.46 bits per heavy atom. The van der Waals surface area contributed by atoms with Crippen LogP contribution >= 0.6 is 0 Å². The van der Waals surface area contributed by atoms with Gasteiger partial charge < -0.3 is 9.80 Å². The molecule has 1 atom stereocenters. The maximum atomic E-state index is 11.9. The van der Waals surface area contributed by atoms with Gasteiger partial charge in [-0.3, -0.25) is 19.4 Å². The number of fused-ring (bicyclic) bond motifs is 1. The van der Waals surface area contributed by atoms with Crippen molar-refractivity contribution < 1.29 is 9.59 Å². The lowest BCUT2D eigenvalue weighted by atomic mass is 9.91. The summed E-state index contributed by atoms with van der Waals surface area (Å²) >= 11 is 0. The van der Waals surface area contributed by atoms with Crippen LogP contribution in [0.4, 0.5) is 0 Å². The first-order chi connectivity index (χ1) is 11.3. The van der Waals surface area contributed by atoms with Crippen molar-refractivity contribution in [3.8, 4) is 0 Å². The van der Waals surface area contributed by atoms with E-state index in [0.29, 0.717) is 12.1 Å². The van der Waals surface area contributed by atoms with E-state index in [1.165, 1.54) is 0 Å². The molecule has 0 saturated carbocycles. The molecule has 2 amide bonds. The van der Waals surface area contributed by atoms with E-state index in [0.717, 1.165) is 58.7 Å². The van der Waals surface area contributed by atoms with Gasteiger partial charge in [-0.1, -0.05) is 0 Å². The van der Waals surface area contributed by atoms with Gasteiger partial charge in [-0.2, -0.15) is 0 Å². The maximum Gasteiger partial charge on any atom is 0.219 e. The third-order valence-corrected chi connectivity index (χ3v) is 6.17. The summed E-state index contributed by atoms with van der Waals surface area (Å²) in [5.74, 6) is 0.388. The fourth-order valence-corrected chi connectivity index (χ4v) is 4.83. The standard InChI is InChI=1S/C18H32N4O2/c1-14(23)19-7-5-16(6-8-19)20-9-10-22-17(11-20)12-21(15(2)24)13-18(22,3)4/h16-17H,5-13H2,1-4H3. The van der Waals surface area contributed by atoms with E-state index in [9.17, 15) is 9.59 Å². The number of likely N-dealkylation sites (tertiary alicyclic amines) is 1. The third-order valence-electron chi connectivity index (χ3n) is 6.17. The molecule has 3 saturated heterocycles. The van der Waals surface area contributed by atoms with Crippen LogP contribution in [-0.4, -0.2) is 94.8 Å². The first kappa shape index (κ1) is 17.7. The first-order valence-electron chi connectivity index (χ1n) is 9.30. The molecule has 6 heteroatoms. The van der Waals surface area contributed by atoms with Crippen molar-refractivity contribution in [2.75, 3.05) is 45.8 Å². The molecule has 0 bridgehead atoms. The zero-order valence-electron chi connectivity index (χ0n) is 15.6. The van der Waals surface area contributed by atoms with Crippen molar-refractivity contribution in [1.82, 2.24) is 19.6 Å². The van der Waals surface area contributed by atoms with Crippen LogP contribution in [0, 0.1) is 0 Å². The molecule has 3 aliphatic rings. The number of piperidine rings is 1. The molecular formula is C18H32N4O2. The van der Waals surface area contributed by atoms with Crippen LogP contribution in [0.15, 0.2) is 0 Å². The van der Waals surface area contributed by atoms with Gasteiger partial charge in [-0.05, 0) is 26.7 Å². The van der Waals surface area contributed by atoms with Crippen LogP contribution < -0.4 is 0 Å². The normalized spacial score (nSPS) is 29.4. The maximum absolute atomic E-state index is 11.9. The van der Waals surface area contributed by atoms with Crippen LogP contribution in [-0.2, 0) is 9.59 Å². The average Bonchev–Trinajstić information content (AvgIpc) is 2.53. The SMILES string of the molecule is CC(=O)N1CCC(N2CCN3C(CN(C(C)=O)CC3(C)C)C2)CC1. The molecule has 3 rings (SSSR count). The Kier molecular flexibility index (Phi) is 4.89. The van der Waals surface area contributed by atoms with Crippen molar-refractivity contribution >= 4 is 11.8 Å². The summed E-state index contributed by atoms with van der Waals surface area (Å²) in [6.45, 7) is 14.5. The summed E-state index contributed by atoms with van der Waals surface area (Å²) < 4.78 is 0. The number of amides is 2. The first-order valence-corrected chi connectivity index (χ1v) is 9.30. The van der Waals surface area contributed by atoms with Gasteiger partial charge >= 0.3 is 0 Å². The molecule has 1 unspecified atom stereocenters. The molecule has 0 N–H and O–H groups in total. The summed E-state index contributed by atoms with van der Waals surface area (Å²) in [4.78, 5) is 32.6. The Morgan fingerprint density at radius 3 is 2.04 bits per heavy atom. The minimum Gasteiger partial charge on any atom is -0.343 e. The molecule has 0 spiro atoms. The predicted molar refractivity (Wildman–Crippen MR) is 93.7 cm³/mol. The molecule has 136 valence electrons. The molecule has 0 aliphatic carbocycles. The second-order valence-electron chi connectivity index (χ2n) is 8.29. The smallest absolute Gasteiger partial charge is 0.219 e. The van der Waals surface area contributed by atoms with Gasteiger partial charge in [-0.15, -0.1) is 0 Å². The molecule has 6 nitrogen and oxygen atoms in total. The van der Waals surface area contributed by atoms with Crippen molar-refractivity contribution in [2.24, 2.45) is 0 Å². The summed E-state index contributed by atoms with van der Waals surface area (Å²) in [5.41, 5.74) is 0.0542. The van der Waals surface area contributed by atoms with Crippen molar-refractivity contribution in [2.45, 2.75) is 58.2 Å². The zero-order valence-corrected chi connectivity index (χ0v) is 15.6. The van der Waals surface area contributed by atoms with Crippen molar-refractivity contribution in [3.63, 3.8) is 0 Å².